The van der Waals surface area contributed by atoms with Crippen molar-refractivity contribution in [3.05, 3.63) is 30.3 Å². The van der Waals surface area contributed by atoms with Gasteiger partial charge >= 0.3 is 39.7 Å². The molecule has 4 nitrogen and oxygen atoms in total. The summed E-state index contributed by atoms with van der Waals surface area (Å²) in [5, 5.41) is 9.13. The van der Waals surface area contributed by atoms with Crippen LogP contribution in [0.1, 0.15) is 1.43 Å². The predicted molar refractivity (Wildman–Crippen MR) is 42.7 cm³/mol. The van der Waals surface area contributed by atoms with Crippen molar-refractivity contribution >= 4 is 10.1 Å². The molecule has 1 rings (SSSR count). The van der Waals surface area contributed by atoms with E-state index in [0.29, 0.717) is 0 Å². The van der Waals surface area contributed by atoms with Gasteiger partial charge in [-0.2, -0.15) is 13.7 Å². The largest absolute Gasteiger partial charge is 1.00 e. The van der Waals surface area contributed by atoms with E-state index in [0.717, 1.165) is 5.40 Å². The molecule has 1 aromatic carbocycles. The fourth-order valence-corrected chi connectivity index (χ4v) is 1.02. The molecule has 0 aliphatic heterocycles. The van der Waals surface area contributed by atoms with Gasteiger partial charge in [0.25, 0.3) is 0 Å². The molecule has 13 heavy (non-hydrogen) atoms. The SMILES string of the molecule is N#CS(=O)(=O)Oc1ccccc1.[H-].[Na+]. The molecule has 1 aromatic rings. The maximum atomic E-state index is 10.6. The van der Waals surface area contributed by atoms with Gasteiger partial charge in [-0.1, -0.05) is 18.2 Å². The molecule has 0 fully saturated rings. The van der Waals surface area contributed by atoms with Crippen LogP contribution >= 0.6 is 0 Å². The van der Waals surface area contributed by atoms with Crippen LogP contribution in [0, 0.1) is 10.7 Å². The second-order valence-electron chi connectivity index (χ2n) is 1.94. The average Bonchev–Trinajstić information content (AvgIpc) is 2.06. The third kappa shape index (κ3) is 4.29. The Hall–Kier alpha value is -0.540. The van der Waals surface area contributed by atoms with Gasteiger partial charge in [-0.3, -0.25) is 0 Å². The Kier molecular flexibility index (Phi) is 5.03. The van der Waals surface area contributed by atoms with E-state index < -0.39 is 10.1 Å². The molecule has 0 saturated carbocycles. The molecule has 6 heteroatoms. The molecule has 0 aliphatic rings. The molecule has 0 saturated heterocycles. The summed E-state index contributed by atoms with van der Waals surface area (Å²) in [6.45, 7) is 0. The minimum Gasteiger partial charge on any atom is -1.00 e. The van der Waals surface area contributed by atoms with Crippen molar-refractivity contribution in [1.29, 1.82) is 5.26 Å². The zero-order chi connectivity index (χ0) is 9.03. The smallest absolute Gasteiger partial charge is 1.00 e. The first-order valence-corrected chi connectivity index (χ1v) is 4.45. The molecule has 0 aliphatic carbocycles. The molecular formula is C7H6NNaO3S. The number of nitrogens with zero attached hydrogens (tertiary/aromatic N) is 1. The Morgan fingerprint density at radius 1 is 1.31 bits per heavy atom. The van der Waals surface area contributed by atoms with Gasteiger partial charge in [-0.05, 0) is 12.1 Å². The van der Waals surface area contributed by atoms with E-state index in [1.165, 1.54) is 12.1 Å². The number of thiocyanates is 1. The van der Waals surface area contributed by atoms with Gasteiger partial charge < -0.3 is 5.61 Å². The van der Waals surface area contributed by atoms with Crippen molar-refractivity contribution in [1.82, 2.24) is 0 Å². The summed E-state index contributed by atoms with van der Waals surface area (Å²) >= 11 is 0. The van der Waals surface area contributed by atoms with Crippen molar-refractivity contribution in [3.8, 4) is 11.2 Å². The Balaban J connectivity index is 0. The second-order valence-corrected chi connectivity index (χ2v) is 3.20. The van der Waals surface area contributed by atoms with Crippen LogP contribution < -0.4 is 33.7 Å². The zero-order valence-corrected chi connectivity index (χ0v) is 9.78. The van der Waals surface area contributed by atoms with Gasteiger partial charge in [0.05, 0.1) is 0 Å². The maximum Gasteiger partial charge on any atom is 1.00 e. The van der Waals surface area contributed by atoms with E-state index >= 15 is 0 Å². The molecular weight excluding hydrogens is 201 g/mol. The second kappa shape index (κ2) is 5.25. The van der Waals surface area contributed by atoms with Crippen LogP contribution in [-0.4, -0.2) is 8.42 Å². The fraction of sp³-hybridized carbons (Fsp3) is 0. The van der Waals surface area contributed by atoms with Gasteiger partial charge in [-0.25, -0.2) is 0 Å². The van der Waals surface area contributed by atoms with Crippen molar-refractivity contribution in [2.75, 3.05) is 0 Å². The molecule has 0 spiro atoms. The van der Waals surface area contributed by atoms with Crippen molar-refractivity contribution in [2.45, 2.75) is 0 Å². The summed E-state index contributed by atoms with van der Waals surface area (Å²) in [6, 6.07) is 7.85. The minimum atomic E-state index is -4.07. The van der Waals surface area contributed by atoms with E-state index in [-0.39, 0.29) is 36.7 Å². The van der Waals surface area contributed by atoms with Gasteiger partial charge in [0.15, 0.2) is 0 Å². The number of hydrogen-bond acceptors (Lipinski definition) is 4. The summed E-state index contributed by atoms with van der Waals surface area (Å²) in [7, 11) is -4.07. The molecule has 64 valence electrons. The zero-order valence-electron chi connectivity index (χ0n) is 7.97. The summed E-state index contributed by atoms with van der Waals surface area (Å²) in [4.78, 5) is 0. The standard InChI is InChI=1S/C7H5NO3S.Na.H/c8-6-12(9,10)11-7-4-2-1-3-5-7;;/h1-5H;;/q;+1;-1. The number of nitriles is 1. The number of para-hydroxylation sites is 1. The Morgan fingerprint density at radius 2 is 1.85 bits per heavy atom. The van der Waals surface area contributed by atoms with Crippen LogP contribution in [0.4, 0.5) is 0 Å². The average molecular weight is 207 g/mol. The monoisotopic (exact) mass is 207 g/mol. The Labute approximate surface area is 100 Å². The minimum absolute atomic E-state index is 0. The molecule has 0 bridgehead atoms. The van der Waals surface area contributed by atoms with Gasteiger partial charge in [-0.15, -0.1) is 0 Å². The number of benzene rings is 1. The van der Waals surface area contributed by atoms with E-state index in [4.69, 9.17) is 5.26 Å². The molecule has 0 radical (unpaired) electrons. The Morgan fingerprint density at radius 3 is 2.31 bits per heavy atom. The summed E-state index contributed by atoms with van der Waals surface area (Å²) in [5.74, 6) is 0.138. The summed E-state index contributed by atoms with van der Waals surface area (Å²) in [5.41, 5.74) is 0. The van der Waals surface area contributed by atoms with Crippen LogP contribution in [0.5, 0.6) is 5.75 Å². The van der Waals surface area contributed by atoms with Crippen LogP contribution in [0.15, 0.2) is 30.3 Å². The maximum absolute atomic E-state index is 10.6. The van der Waals surface area contributed by atoms with E-state index in [9.17, 15) is 8.42 Å². The van der Waals surface area contributed by atoms with Crippen molar-refractivity contribution < 1.29 is 43.6 Å². The quantitative estimate of drug-likeness (QED) is 0.243. The van der Waals surface area contributed by atoms with Crippen LogP contribution in [-0.2, 0) is 10.1 Å². The molecule has 0 amide bonds. The summed E-state index contributed by atoms with van der Waals surface area (Å²) in [6.07, 6.45) is 0. The van der Waals surface area contributed by atoms with E-state index in [1.807, 2.05) is 0 Å². The molecule has 0 N–H and O–H groups in total. The van der Waals surface area contributed by atoms with E-state index in [2.05, 4.69) is 4.18 Å². The molecule has 0 aromatic heterocycles. The van der Waals surface area contributed by atoms with Crippen molar-refractivity contribution in [3.63, 3.8) is 0 Å². The fourth-order valence-electron chi connectivity index (χ4n) is 0.621. The number of rotatable bonds is 2. The normalized spacial score (nSPS) is 9.46. The van der Waals surface area contributed by atoms with Gasteiger partial charge in [0.1, 0.15) is 5.75 Å². The number of hydrogen-bond donors (Lipinski definition) is 0. The molecule has 0 unspecified atom stereocenters. The third-order valence-corrected chi connectivity index (χ3v) is 1.70. The molecule has 0 atom stereocenters. The van der Waals surface area contributed by atoms with Crippen LogP contribution in [0.3, 0.4) is 0 Å². The first kappa shape index (κ1) is 12.5. The summed E-state index contributed by atoms with van der Waals surface area (Å²) < 4.78 is 25.5. The molecule has 0 heterocycles. The van der Waals surface area contributed by atoms with Crippen LogP contribution in [0.25, 0.3) is 0 Å². The van der Waals surface area contributed by atoms with Crippen LogP contribution in [0.2, 0.25) is 0 Å². The van der Waals surface area contributed by atoms with Crippen molar-refractivity contribution in [2.24, 2.45) is 0 Å². The predicted octanol–water partition coefficient (Wildman–Crippen LogP) is -2.01. The van der Waals surface area contributed by atoms with Gasteiger partial charge in [0, 0.05) is 0 Å². The Bertz CT molecular complexity index is 401. The van der Waals surface area contributed by atoms with Gasteiger partial charge in [0.2, 0.25) is 5.40 Å². The first-order valence-electron chi connectivity index (χ1n) is 3.04. The third-order valence-electron chi connectivity index (χ3n) is 1.06. The van der Waals surface area contributed by atoms with E-state index in [1.54, 1.807) is 18.2 Å². The first-order chi connectivity index (χ1) is 5.64. The topological polar surface area (TPSA) is 67.2 Å².